The van der Waals surface area contributed by atoms with E-state index in [9.17, 15) is 4.79 Å². The third-order valence-electron chi connectivity index (χ3n) is 4.34. The average Bonchev–Trinajstić information content (AvgIpc) is 2.55. The lowest BCUT2D eigenvalue weighted by Gasteiger charge is -2.36. The first-order chi connectivity index (χ1) is 12.0. The molecule has 3 rings (SSSR count). The van der Waals surface area contributed by atoms with Gasteiger partial charge in [0.25, 0.3) is 0 Å². The number of nitrogens with zero attached hydrogens (tertiary/aromatic N) is 1. The molecule has 132 valence electrons. The van der Waals surface area contributed by atoms with Crippen LogP contribution in [0.15, 0.2) is 42.5 Å². The van der Waals surface area contributed by atoms with E-state index in [2.05, 4.69) is 4.90 Å². The van der Waals surface area contributed by atoms with Gasteiger partial charge in [-0.1, -0.05) is 41.4 Å². The van der Waals surface area contributed by atoms with Gasteiger partial charge in [-0.05, 0) is 41.8 Å². The van der Waals surface area contributed by atoms with Crippen LogP contribution < -0.4 is 4.74 Å². The number of carboxylic acids is 1. The van der Waals surface area contributed by atoms with Crippen LogP contribution in [0.3, 0.4) is 0 Å². The smallest absolute Gasteiger partial charge is 0.309 e. The topological polar surface area (TPSA) is 49.8 Å². The molecule has 0 spiro atoms. The predicted molar refractivity (Wildman–Crippen MR) is 98.5 cm³/mol. The zero-order valence-corrected chi connectivity index (χ0v) is 15.1. The third kappa shape index (κ3) is 4.88. The maximum Gasteiger partial charge on any atom is 0.309 e. The number of ether oxygens (including phenoxy) is 1. The Bertz CT molecular complexity index is 743. The summed E-state index contributed by atoms with van der Waals surface area (Å²) in [5.74, 6) is -0.0958. The van der Waals surface area contributed by atoms with E-state index < -0.39 is 5.97 Å². The highest BCUT2D eigenvalue weighted by molar-refractivity contribution is 6.42. The second-order valence-electron chi connectivity index (χ2n) is 6.23. The van der Waals surface area contributed by atoms with Crippen molar-refractivity contribution in [2.75, 3.05) is 19.6 Å². The Morgan fingerprint density at radius 2 is 1.76 bits per heavy atom. The highest BCUT2D eigenvalue weighted by atomic mass is 35.5. The van der Waals surface area contributed by atoms with Crippen LogP contribution in [-0.2, 0) is 17.8 Å². The van der Waals surface area contributed by atoms with Crippen LogP contribution in [-0.4, -0.2) is 35.6 Å². The van der Waals surface area contributed by atoms with E-state index >= 15 is 0 Å². The standard InChI is InChI=1S/C19H19Cl2NO3/c20-17-6-3-14(9-18(17)21)12-25-16-4-1-13(2-5-16)7-8-22-10-15(11-22)19(23)24/h1-6,9,15H,7-8,10-12H2,(H,23,24). The summed E-state index contributed by atoms with van der Waals surface area (Å²) in [6.45, 7) is 2.62. The molecule has 0 radical (unpaired) electrons. The van der Waals surface area contributed by atoms with Gasteiger partial charge in [-0.15, -0.1) is 0 Å². The van der Waals surface area contributed by atoms with Crippen LogP contribution in [0.5, 0.6) is 5.75 Å². The van der Waals surface area contributed by atoms with Gasteiger partial charge in [0.05, 0.1) is 16.0 Å². The van der Waals surface area contributed by atoms with Crippen LogP contribution in [0.25, 0.3) is 0 Å². The molecular weight excluding hydrogens is 361 g/mol. The van der Waals surface area contributed by atoms with Crippen molar-refractivity contribution in [1.29, 1.82) is 0 Å². The number of hydrogen-bond donors (Lipinski definition) is 1. The molecule has 1 fully saturated rings. The fourth-order valence-electron chi connectivity index (χ4n) is 2.74. The monoisotopic (exact) mass is 379 g/mol. The molecule has 0 aliphatic carbocycles. The van der Waals surface area contributed by atoms with Gasteiger partial charge >= 0.3 is 5.97 Å². The Balaban J connectivity index is 1.44. The molecule has 0 atom stereocenters. The van der Waals surface area contributed by atoms with Crippen molar-refractivity contribution >= 4 is 29.2 Å². The normalized spacial score (nSPS) is 15.0. The first-order valence-electron chi connectivity index (χ1n) is 8.12. The summed E-state index contributed by atoms with van der Waals surface area (Å²) in [5, 5.41) is 9.93. The first kappa shape index (κ1) is 18.1. The number of rotatable bonds is 7. The predicted octanol–water partition coefficient (Wildman–Crippen LogP) is 4.13. The Kier molecular flexibility index (Phi) is 5.84. The maximum atomic E-state index is 10.8. The zero-order valence-electron chi connectivity index (χ0n) is 13.6. The highest BCUT2D eigenvalue weighted by Crippen LogP contribution is 2.23. The van der Waals surface area contributed by atoms with Crippen molar-refractivity contribution < 1.29 is 14.6 Å². The molecule has 1 heterocycles. The summed E-state index contributed by atoms with van der Waals surface area (Å²) in [5.41, 5.74) is 2.17. The van der Waals surface area contributed by atoms with E-state index in [1.807, 2.05) is 30.3 Å². The maximum absolute atomic E-state index is 10.8. The van der Waals surface area contributed by atoms with Crippen molar-refractivity contribution in [3.05, 3.63) is 63.6 Å². The van der Waals surface area contributed by atoms with Crippen molar-refractivity contribution in [2.45, 2.75) is 13.0 Å². The summed E-state index contributed by atoms with van der Waals surface area (Å²) >= 11 is 11.9. The molecule has 0 bridgehead atoms. The lowest BCUT2D eigenvalue weighted by atomic mass is 10.00. The molecule has 1 aliphatic heterocycles. The largest absolute Gasteiger partial charge is 0.489 e. The summed E-state index contributed by atoms with van der Waals surface area (Å²) in [7, 11) is 0. The molecule has 2 aromatic rings. The van der Waals surface area contributed by atoms with Crippen LogP contribution in [0, 0.1) is 5.92 Å². The molecule has 0 saturated carbocycles. The van der Waals surface area contributed by atoms with Gasteiger partial charge in [0.15, 0.2) is 0 Å². The van der Waals surface area contributed by atoms with Crippen molar-refractivity contribution in [3.63, 3.8) is 0 Å². The Morgan fingerprint density at radius 3 is 2.40 bits per heavy atom. The van der Waals surface area contributed by atoms with Gasteiger partial charge in [-0.2, -0.15) is 0 Å². The van der Waals surface area contributed by atoms with Gasteiger partial charge in [0, 0.05) is 19.6 Å². The molecule has 2 aromatic carbocycles. The van der Waals surface area contributed by atoms with Crippen molar-refractivity contribution in [1.82, 2.24) is 4.90 Å². The van der Waals surface area contributed by atoms with Crippen LogP contribution in [0.1, 0.15) is 11.1 Å². The van der Waals surface area contributed by atoms with E-state index in [0.29, 0.717) is 29.7 Å². The van der Waals surface area contributed by atoms with Gasteiger partial charge in [0.2, 0.25) is 0 Å². The fraction of sp³-hybridized carbons (Fsp3) is 0.316. The van der Waals surface area contributed by atoms with E-state index in [4.69, 9.17) is 33.0 Å². The Morgan fingerprint density at radius 1 is 1.08 bits per heavy atom. The molecule has 4 nitrogen and oxygen atoms in total. The number of carbonyl (C=O) groups is 1. The number of carboxylic acid groups (broad SMARTS) is 1. The first-order valence-corrected chi connectivity index (χ1v) is 8.87. The van der Waals surface area contributed by atoms with Gasteiger partial charge in [-0.3, -0.25) is 4.79 Å². The van der Waals surface area contributed by atoms with Gasteiger partial charge < -0.3 is 14.7 Å². The molecule has 25 heavy (non-hydrogen) atoms. The lowest BCUT2D eigenvalue weighted by molar-refractivity contribution is -0.147. The summed E-state index contributed by atoms with van der Waals surface area (Å²) in [6, 6.07) is 13.4. The molecular formula is C19H19Cl2NO3. The summed E-state index contributed by atoms with van der Waals surface area (Å²) in [4.78, 5) is 12.9. The Labute approximate surface area is 156 Å². The third-order valence-corrected chi connectivity index (χ3v) is 5.08. The molecule has 0 aromatic heterocycles. The van der Waals surface area contributed by atoms with E-state index in [-0.39, 0.29) is 5.92 Å². The molecule has 0 unspecified atom stereocenters. The minimum absolute atomic E-state index is 0.197. The van der Waals surface area contributed by atoms with E-state index in [1.54, 1.807) is 12.1 Å². The second kappa shape index (κ2) is 8.09. The minimum atomic E-state index is -0.695. The molecule has 6 heteroatoms. The van der Waals surface area contributed by atoms with E-state index in [1.165, 1.54) is 5.56 Å². The zero-order chi connectivity index (χ0) is 17.8. The summed E-state index contributed by atoms with van der Waals surface area (Å²) < 4.78 is 5.76. The number of hydrogen-bond acceptors (Lipinski definition) is 3. The van der Waals surface area contributed by atoms with Crippen molar-refractivity contribution in [2.24, 2.45) is 5.92 Å². The fourth-order valence-corrected chi connectivity index (χ4v) is 3.06. The van der Waals surface area contributed by atoms with Gasteiger partial charge in [0.1, 0.15) is 12.4 Å². The molecule has 1 saturated heterocycles. The molecule has 1 aliphatic rings. The molecule has 0 amide bonds. The Hall–Kier alpha value is -1.75. The van der Waals surface area contributed by atoms with Gasteiger partial charge in [-0.25, -0.2) is 0 Å². The lowest BCUT2D eigenvalue weighted by Crippen LogP contribution is -2.50. The van der Waals surface area contributed by atoms with Crippen molar-refractivity contribution in [3.8, 4) is 5.75 Å². The van der Waals surface area contributed by atoms with Crippen LogP contribution >= 0.6 is 23.2 Å². The minimum Gasteiger partial charge on any atom is -0.489 e. The number of likely N-dealkylation sites (tertiary alicyclic amines) is 1. The number of benzene rings is 2. The number of halogens is 2. The van der Waals surface area contributed by atoms with Crippen LogP contribution in [0.4, 0.5) is 0 Å². The summed E-state index contributed by atoms with van der Waals surface area (Å²) in [6.07, 6.45) is 0.902. The highest BCUT2D eigenvalue weighted by Gasteiger charge is 2.31. The quantitative estimate of drug-likeness (QED) is 0.785. The average molecular weight is 380 g/mol. The second-order valence-corrected chi connectivity index (χ2v) is 7.04. The molecule has 1 N–H and O–H groups in total. The number of aliphatic carboxylic acids is 1. The van der Waals surface area contributed by atoms with Crippen LogP contribution in [0.2, 0.25) is 10.0 Å². The van der Waals surface area contributed by atoms with E-state index in [0.717, 1.165) is 24.3 Å². The SMILES string of the molecule is O=C(O)C1CN(CCc2ccc(OCc3ccc(Cl)c(Cl)c3)cc2)C1.